The summed E-state index contributed by atoms with van der Waals surface area (Å²) >= 11 is 0. The molecule has 0 atom stereocenters. The summed E-state index contributed by atoms with van der Waals surface area (Å²) < 4.78 is 5.65. The largest absolute Gasteiger partial charge is 0.494 e. The second kappa shape index (κ2) is 9.28. The number of carbonyl (C=O) groups excluding carboxylic acids is 1. The van der Waals surface area contributed by atoms with Gasteiger partial charge in [-0.1, -0.05) is 19.4 Å². The highest BCUT2D eigenvalue weighted by Crippen LogP contribution is 2.21. The number of rotatable bonds is 8. The molecule has 0 fully saturated rings. The number of aromatic nitrogens is 3. The lowest BCUT2D eigenvalue weighted by Gasteiger charge is -2.05. The minimum atomic E-state index is -0.375. The summed E-state index contributed by atoms with van der Waals surface area (Å²) in [4.78, 5) is 16.2. The number of pyridine rings is 1. The average Bonchev–Trinajstić information content (AvgIpc) is 3.20. The fraction of sp³-hybridized carbons (Fsp3) is 0.200. The van der Waals surface area contributed by atoms with E-state index < -0.39 is 0 Å². The summed E-state index contributed by atoms with van der Waals surface area (Å²) in [5.74, 6) is 0.449. The molecule has 0 unspecified atom stereocenters. The number of hydrazone groups is 1. The number of carbonyl (C=O) groups is 1. The number of benzene rings is 1. The van der Waals surface area contributed by atoms with Gasteiger partial charge in [0, 0.05) is 11.8 Å². The Morgan fingerprint density at radius 3 is 2.85 bits per heavy atom. The quantitative estimate of drug-likeness (QED) is 0.364. The van der Waals surface area contributed by atoms with E-state index in [1.807, 2.05) is 36.4 Å². The van der Waals surface area contributed by atoms with E-state index in [2.05, 4.69) is 32.6 Å². The van der Waals surface area contributed by atoms with Crippen molar-refractivity contribution in [2.24, 2.45) is 5.10 Å². The lowest BCUT2D eigenvalue weighted by molar-refractivity contribution is 0.0950. The summed E-state index contributed by atoms with van der Waals surface area (Å²) in [5, 5.41) is 10.8. The fourth-order valence-corrected chi connectivity index (χ4v) is 2.31. The number of unbranched alkanes of at least 4 members (excludes halogenated alkanes) is 1. The molecule has 0 saturated heterocycles. The summed E-state index contributed by atoms with van der Waals surface area (Å²) in [5.41, 5.74) is 5.00. The molecule has 2 heterocycles. The minimum absolute atomic E-state index is 0.325. The second-order valence-corrected chi connectivity index (χ2v) is 5.85. The van der Waals surface area contributed by atoms with Crippen molar-refractivity contribution in [2.45, 2.75) is 19.8 Å². The molecule has 3 rings (SSSR count). The van der Waals surface area contributed by atoms with Gasteiger partial charge in [0.2, 0.25) is 0 Å². The zero-order chi connectivity index (χ0) is 18.9. The van der Waals surface area contributed by atoms with E-state index in [0.29, 0.717) is 23.7 Å². The van der Waals surface area contributed by atoms with Crippen molar-refractivity contribution in [1.29, 1.82) is 0 Å². The third kappa shape index (κ3) is 5.24. The van der Waals surface area contributed by atoms with Gasteiger partial charge >= 0.3 is 0 Å². The number of hydrogen-bond acceptors (Lipinski definition) is 5. The van der Waals surface area contributed by atoms with Gasteiger partial charge in [-0.2, -0.15) is 10.2 Å². The predicted octanol–water partition coefficient (Wildman–Crippen LogP) is 3.41. The van der Waals surface area contributed by atoms with Gasteiger partial charge in [-0.25, -0.2) is 5.43 Å². The first kappa shape index (κ1) is 18.3. The number of hydrogen-bond donors (Lipinski definition) is 2. The van der Waals surface area contributed by atoms with E-state index in [9.17, 15) is 4.79 Å². The van der Waals surface area contributed by atoms with Gasteiger partial charge in [-0.15, -0.1) is 0 Å². The van der Waals surface area contributed by atoms with E-state index in [1.165, 1.54) is 6.21 Å². The normalized spacial score (nSPS) is 10.9. The summed E-state index contributed by atoms with van der Waals surface area (Å²) in [6.07, 6.45) is 5.27. The highest BCUT2D eigenvalue weighted by Gasteiger charge is 2.10. The van der Waals surface area contributed by atoms with Crippen LogP contribution in [-0.4, -0.2) is 33.9 Å². The van der Waals surface area contributed by atoms with Gasteiger partial charge in [-0.3, -0.25) is 14.9 Å². The Morgan fingerprint density at radius 2 is 2.11 bits per heavy atom. The molecule has 0 saturated carbocycles. The van der Waals surface area contributed by atoms with Gasteiger partial charge in [0.25, 0.3) is 5.91 Å². The van der Waals surface area contributed by atoms with Crippen LogP contribution in [0.2, 0.25) is 0 Å². The molecule has 0 aliphatic rings. The zero-order valence-electron chi connectivity index (χ0n) is 15.1. The Bertz CT molecular complexity index is 888. The van der Waals surface area contributed by atoms with Crippen molar-refractivity contribution >= 4 is 12.1 Å². The van der Waals surface area contributed by atoms with Crippen LogP contribution in [0, 0.1) is 0 Å². The van der Waals surface area contributed by atoms with Crippen molar-refractivity contribution in [3.8, 4) is 17.0 Å². The topological polar surface area (TPSA) is 92.3 Å². The molecule has 1 amide bonds. The summed E-state index contributed by atoms with van der Waals surface area (Å²) in [7, 11) is 0. The van der Waals surface area contributed by atoms with E-state index in [-0.39, 0.29) is 5.91 Å². The Labute approximate surface area is 157 Å². The zero-order valence-corrected chi connectivity index (χ0v) is 15.1. The smallest absolute Gasteiger partial charge is 0.289 e. The first-order valence-corrected chi connectivity index (χ1v) is 8.79. The van der Waals surface area contributed by atoms with E-state index in [4.69, 9.17) is 4.74 Å². The Hall–Kier alpha value is -3.48. The standard InChI is InChI=1S/C20H21N5O2/c1-2-3-12-27-17-9-7-15(8-10-17)18-13-19(24-23-18)20(26)25-22-14-16-6-4-5-11-21-16/h4-11,13-14H,2-3,12H2,1H3,(H,23,24)(H,25,26)/b22-14-. The van der Waals surface area contributed by atoms with Crippen LogP contribution in [0.3, 0.4) is 0 Å². The first-order chi connectivity index (χ1) is 13.3. The summed E-state index contributed by atoms with van der Waals surface area (Å²) in [6, 6.07) is 14.8. The number of H-pyrrole nitrogens is 1. The Balaban J connectivity index is 1.58. The van der Waals surface area contributed by atoms with Crippen LogP contribution in [0.5, 0.6) is 5.75 Å². The highest BCUT2D eigenvalue weighted by molar-refractivity contribution is 5.94. The van der Waals surface area contributed by atoms with Crippen molar-refractivity contribution in [1.82, 2.24) is 20.6 Å². The molecule has 0 aliphatic heterocycles. The lowest BCUT2D eigenvalue weighted by atomic mass is 10.1. The molecule has 0 radical (unpaired) electrons. The molecule has 0 bridgehead atoms. The Morgan fingerprint density at radius 1 is 1.26 bits per heavy atom. The third-order valence-electron chi connectivity index (χ3n) is 3.79. The van der Waals surface area contributed by atoms with Crippen molar-refractivity contribution in [3.05, 3.63) is 66.1 Å². The number of aromatic amines is 1. The molecule has 0 spiro atoms. The van der Waals surface area contributed by atoms with Gasteiger partial charge in [0.15, 0.2) is 0 Å². The molecule has 3 aromatic rings. The number of nitrogens with zero attached hydrogens (tertiary/aromatic N) is 3. The maximum Gasteiger partial charge on any atom is 0.289 e. The number of ether oxygens (including phenoxy) is 1. The van der Waals surface area contributed by atoms with Gasteiger partial charge in [-0.05, 0) is 48.9 Å². The van der Waals surface area contributed by atoms with Crippen molar-refractivity contribution in [3.63, 3.8) is 0 Å². The van der Waals surface area contributed by atoms with Crippen LogP contribution < -0.4 is 10.2 Å². The molecule has 27 heavy (non-hydrogen) atoms. The molecule has 2 N–H and O–H groups in total. The van der Waals surface area contributed by atoms with Crippen LogP contribution in [0.25, 0.3) is 11.3 Å². The van der Waals surface area contributed by atoms with Crippen molar-refractivity contribution in [2.75, 3.05) is 6.61 Å². The highest BCUT2D eigenvalue weighted by atomic mass is 16.5. The second-order valence-electron chi connectivity index (χ2n) is 5.85. The molecule has 2 aromatic heterocycles. The van der Waals surface area contributed by atoms with Crippen LogP contribution in [0.1, 0.15) is 35.9 Å². The maximum atomic E-state index is 12.1. The maximum absolute atomic E-state index is 12.1. The van der Waals surface area contributed by atoms with Crippen LogP contribution in [-0.2, 0) is 0 Å². The monoisotopic (exact) mass is 363 g/mol. The van der Waals surface area contributed by atoms with Crippen LogP contribution in [0.15, 0.2) is 59.8 Å². The van der Waals surface area contributed by atoms with E-state index >= 15 is 0 Å². The fourth-order valence-electron chi connectivity index (χ4n) is 2.31. The van der Waals surface area contributed by atoms with Crippen LogP contribution >= 0.6 is 0 Å². The first-order valence-electron chi connectivity index (χ1n) is 8.79. The van der Waals surface area contributed by atoms with Crippen LogP contribution in [0.4, 0.5) is 0 Å². The molecule has 0 aliphatic carbocycles. The average molecular weight is 363 g/mol. The van der Waals surface area contributed by atoms with Gasteiger partial charge < -0.3 is 4.74 Å². The van der Waals surface area contributed by atoms with E-state index in [0.717, 1.165) is 24.2 Å². The molecule has 7 nitrogen and oxygen atoms in total. The Kier molecular flexibility index (Phi) is 6.30. The third-order valence-corrected chi connectivity index (χ3v) is 3.79. The van der Waals surface area contributed by atoms with Gasteiger partial charge in [0.05, 0.1) is 24.2 Å². The lowest BCUT2D eigenvalue weighted by Crippen LogP contribution is -2.18. The minimum Gasteiger partial charge on any atom is -0.494 e. The SMILES string of the molecule is CCCCOc1ccc(-c2cc(C(=O)N/N=C\c3ccccn3)[nH]n2)cc1. The number of nitrogens with one attached hydrogen (secondary N) is 2. The van der Waals surface area contributed by atoms with Gasteiger partial charge in [0.1, 0.15) is 11.4 Å². The van der Waals surface area contributed by atoms with E-state index in [1.54, 1.807) is 18.3 Å². The molecular formula is C20H21N5O2. The number of amides is 1. The molecule has 1 aromatic carbocycles. The van der Waals surface area contributed by atoms with Crippen molar-refractivity contribution < 1.29 is 9.53 Å². The summed E-state index contributed by atoms with van der Waals surface area (Å²) in [6.45, 7) is 2.84. The molecular weight excluding hydrogens is 342 g/mol. The molecule has 7 heteroatoms. The predicted molar refractivity (Wildman–Crippen MR) is 104 cm³/mol. The molecule has 138 valence electrons.